The first-order valence-electron chi connectivity index (χ1n) is 5.37. The Bertz CT molecular complexity index is 554. The highest BCUT2D eigenvalue weighted by atomic mass is 79.9. The number of amides is 1. The molecule has 2 aromatic rings. The fraction of sp³-hybridized carbons (Fsp3) is 0.167. The van der Waals surface area contributed by atoms with Gasteiger partial charge in [0.25, 0.3) is 5.91 Å². The average Bonchev–Trinajstić information content (AvgIpc) is 2.75. The lowest BCUT2D eigenvalue weighted by Gasteiger charge is -2.05. The van der Waals surface area contributed by atoms with Gasteiger partial charge in [-0.3, -0.25) is 9.48 Å². The number of benzene rings is 1. The van der Waals surface area contributed by atoms with Crippen molar-refractivity contribution in [3.05, 3.63) is 51.2 Å². The Morgan fingerprint density at radius 3 is 2.83 bits per heavy atom. The van der Waals surface area contributed by atoms with Gasteiger partial charge >= 0.3 is 0 Å². The van der Waals surface area contributed by atoms with E-state index in [1.807, 2.05) is 18.3 Å². The van der Waals surface area contributed by atoms with Gasteiger partial charge in [-0.05, 0) is 34.1 Å². The number of nitrogens with one attached hydrogen (secondary N) is 1. The largest absolute Gasteiger partial charge is 0.350 e. The van der Waals surface area contributed by atoms with Gasteiger partial charge in [0, 0.05) is 22.8 Å². The van der Waals surface area contributed by atoms with Crippen LogP contribution in [0.25, 0.3) is 0 Å². The minimum Gasteiger partial charge on any atom is -0.350 e. The van der Waals surface area contributed by atoms with Gasteiger partial charge in [-0.1, -0.05) is 22.0 Å². The van der Waals surface area contributed by atoms with E-state index in [1.54, 1.807) is 23.0 Å². The van der Waals surface area contributed by atoms with Crippen LogP contribution in [0, 0.1) is 0 Å². The van der Waals surface area contributed by atoms with Gasteiger partial charge in [-0.2, -0.15) is 5.10 Å². The van der Waals surface area contributed by atoms with Gasteiger partial charge in [0.15, 0.2) is 0 Å². The zero-order valence-electron chi connectivity index (χ0n) is 9.44. The SMILES string of the molecule is O=C(NCCn1cc(Br)cn1)c1cccc(Br)c1. The van der Waals surface area contributed by atoms with E-state index in [9.17, 15) is 4.79 Å². The van der Waals surface area contributed by atoms with Crippen LogP contribution in [0.3, 0.4) is 0 Å². The van der Waals surface area contributed by atoms with Crippen molar-refractivity contribution in [2.45, 2.75) is 6.54 Å². The first-order valence-corrected chi connectivity index (χ1v) is 6.95. The molecule has 1 aromatic heterocycles. The molecule has 0 spiro atoms. The Hall–Kier alpha value is -1.14. The summed E-state index contributed by atoms with van der Waals surface area (Å²) in [6.45, 7) is 1.19. The van der Waals surface area contributed by atoms with Crippen LogP contribution in [-0.2, 0) is 6.54 Å². The Labute approximate surface area is 122 Å². The lowest BCUT2D eigenvalue weighted by Crippen LogP contribution is -2.27. The van der Waals surface area contributed by atoms with Crippen LogP contribution in [0.15, 0.2) is 45.6 Å². The Balaban J connectivity index is 1.85. The number of rotatable bonds is 4. The molecular weight excluding hydrogens is 362 g/mol. The third-order valence-corrected chi connectivity index (χ3v) is 3.22. The van der Waals surface area contributed by atoms with E-state index < -0.39 is 0 Å². The molecule has 1 aromatic carbocycles. The number of halogens is 2. The third-order valence-electron chi connectivity index (χ3n) is 2.32. The molecule has 1 heterocycles. The minimum absolute atomic E-state index is 0.0810. The summed E-state index contributed by atoms with van der Waals surface area (Å²) < 4.78 is 3.60. The second kappa shape index (κ2) is 6.15. The topological polar surface area (TPSA) is 46.9 Å². The standard InChI is InChI=1S/C12H11Br2N3O/c13-10-3-1-2-9(6-10)12(18)15-4-5-17-8-11(14)7-16-17/h1-3,6-8H,4-5H2,(H,15,18). The van der Waals surface area contributed by atoms with Crippen molar-refractivity contribution >= 4 is 37.8 Å². The van der Waals surface area contributed by atoms with Crippen LogP contribution < -0.4 is 5.32 Å². The maximum Gasteiger partial charge on any atom is 0.251 e. The predicted octanol–water partition coefficient (Wildman–Crippen LogP) is 2.84. The molecule has 1 amide bonds. The smallest absolute Gasteiger partial charge is 0.251 e. The Kier molecular flexibility index (Phi) is 4.54. The molecule has 0 fully saturated rings. The highest BCUT2D eigenvalue weighted by molar-refractivity contribution is 9.10. The highest BCUT2D eigenvalue weighted by Gasteiger charge is 2.04. The number of nitrogens with zero attached hydrogens (tertiary/aromatic N) is 2. The highest BCUT2D eigenvalue weighted by Crippen LogP contribution is 2.11. The van der Waals surface area contributed by atoms with E-state index in [0.29, 0.717) is 18.7 Å². The molecule has 6 heteroatoms. The molecule has 1 N–H and O–H groups in total. The Morgan fingerprint density at radius 1 is 1.33 bits per heavy atom. The number of aromatic nitrogens is 2. The van der Waals surface area contributed by atoms with Crippen LogP contribution in [0.5, 0.6) is 0 Å². The second-order valence-electron chi connectivity index (χ2n) is 3.69. The molecule has 0 unspecified atom stereocenters. The number of carbonyl (C=O) groups is 1. The number of carbonyl (C=O) groups excluding carboxylic acids is 1. The van der Waals surface area contributed by atoms with Gasteiger partial charge in [0.05, 0.1) is 17.2 Å². The van der Waals surface area contributed by atoms with Crippen molar-refractivity contribution in [1.29, 1.82) is 0 Å². The zero-order valence-corrected chi connectivity index (χ0v) is 12.6. The molecule has 0 bridgehead atoms. The molecule has 0 saturated heterocycles. The summed E-state index contributed by atoms with van der Waals surface area (Å²) >= 11 is 6.66. The predicted molar refractivity (Wildman–Crippen MR) is 76.4 cm³/mol. The van der Waals surface area contributed by atoms with E-state index in [0.717, 1.165) is 8.95 Å². The fourth-order valence-corrected chi connectivity index (χ4v) is 2.20. The van der Waals surface area contributed by atoms with Gasteiger partial charge in [-0.15, -0.1) is 0 Å². The normalized spacial score (nSPS) is 10.3. The first-order chi connectivity index (χ1) is 8.65. The second-order valence-corrected chi connectivity index (χ2v) is 5.52. The van der Waals surface area contributed by atoms with Crippen LogP contribution in [-0.4, -0.2) is 22.2 Å². The van der Waals surface area contributed by atoms with Crippen molar-refractivity contribution in [3.63, 3.8) is 0 Å². The number of hydrogen-bond acceptors (Lipinski definition) is 2. The summed E-state index contributed by atoms with van der Waals surface area (Å²) in [5, 5.41) is 6.96. The molecular formula is C12H11Br2N3O. The molecule has 0 radical (unpaired) electrons. The summed E-state index contributed by atoms with van der Waals surface area (Å²) in [5.41, 5.74) is 0.644. The molecule has 0 aliphatic carbocycles. The lowest BCUT2D eigenvalue weighted by atomic mass is 10.2. The van der Waals surface area contributed by atoms with Gasteiger partial charge in [0.2, 0.25) is 0 Å². The molecule has 94 valence electrons. The van der Waals surface area contributed by atoms with Crippen LogP contribution in [0.2, 0.25) is 0 Å². The molecule has 0 aliphatic rings. The third kappa shape index (κ3) is 3.68. The van der Waals surface area contributed by atoms with Gasteiger partial charge in [-0.25, -0.2) is 0 Å². The van der Waals surface area contributed by atoms with Crippen molar-refractivity contribution in [3.8, 4) is 0 Å². The van der Waals surface area contributed by atoms with Gasteiger partial charge < -0.3 is 5.32 Å². The lowest BCUT2D eigenvalue weighted by molar-refractivity contribution is 0.0952. The maximum absolute atomic E-state index is 11.8. The van der Waals surface area contributed by atoms with Crippen LogP contribution >= 0.6 is 31.9 Å². The zero-order chi connectivity index (χ0) is 13.0. The van der Waals surface area contributed by atoms with Crippen molar-refractivity contribution < 1.29 is 4.79 Å². The van der Waals surface area contributed by atoms with E-state index >= 15 is 0 Å². The van der Waals surface area contributed by atoms with E-state index in [1.165, 1.54) is 0 Å². The monoisotopic (exact) mass is 371 g/mol. The minimum atomic E-state index is -0.0810. The van der Waals surface area contributed by atoms with E-state index in [-0.39, 0.29) is 5.91 Å². The van der Waals surface area contributed by atoms with Crippen LogP contribution in [0.1, 0.15) is 10.4 Å². The average molecular weight is 373 g/mol. The van der Waals surface area contributed by atoms with Crippen LogP contribution in [0.4, 0.5) is 0 Å². The molecule has 0 aliphatic heterocycles. The first kappa shape index (κ1) is 13.3. The van der Waals surface area contributed by atoms with Gasteiger partial charge in [0.1, 0.15) is 0 Å². The summed E-state index contributed by atoms with van der Waals surface area (Å²) in [6.07, 6.45) is 3.58. The molecule has 18 heavy (non-hydrogen) atoms. The fourth-order valence-electron chi connectivity index (χ4n) is 1.48. The summed E-state index contributed by atoms with van der Waals surface area (Å²) in [6, 6.07) is 7.30. The summed E-state index contributed by atoms with van der Waals surface area (Å²) in [5.74, 6) is -0.0810. The van der Waals surface area contributed by atoms with Crippen molar-refractivity contribution in [1.82, 2.24) is 15.1 Å². The summed E-state index contributed by atoms with van der Waals surface area (Å²) in [7, 11) is 0. The van der Waals surface area contributed by atoms with E-state index in [4.69, 9.17) is 0 Å². The molecule has 0 atom stereocenters. The maximum atomic E-state index is 11.8. The molecule has 2 rings (SSSR count). The molecule has 0 saturated carbocycles. The van der Waals surface area contributed by atoms with Crippen molar-refractivity contribution in [2.75, 3.05) is 6.54 Å². The quantitative estimate of drug-likeness (QED) is 0.896. The Morgan fingerprint density at radius 2 is 2.17 bits per heavy atom. The molecule has 4 nitrogen and oxygen atoms in total. The number of hydrogen-bond donors (Lipinski definition) is 1. The van der Waals surface area contributed by atoms with Crippen molar-refractivity contribution in [2.24, 2.45) is 0 Å². The summed E-state index contributed by atoms with van der Waals surface area (Å²) in [4.78, 5) is 11.8. The van der Waals surface area contributed by atoms with E-state index in [2.05, 4.69) is 42.3 Å².